The van der Waals surface area contributed by atoms with E-state index in [1.807, 2.05) is 0 Å². The Morgan fingerprint density at radius 2 is 1.55 bits per heavy atom. The quantitative estimate of drug-likeness (QED) is 0.460. The lowest BCUT2D eigenvalue weighted by Gasteiger charge is -2.11. The molecule has 0 heterocycles. The molecule has 5 nitrogen and oxygen atoms in total. The summed E-state index contributed by atoms with van der Waals surface area (Å²) < 4.78 is 44.3. The fourth-order valence-electron chi connectivity index (χ4n) is 2.74. The first-order chi connectivity index (χ1) is 14.7. The van der Waals surface area contributed by atoms with Gasteiger partial charge in [-0.2, -0.15) is 13.2 Å². The van der Waals surface area contributed by atoms with Crippen molar-refractivity contribution in [3.63, 3.8) is 0 Å². The van der Waals surface area contributed by atoms with E-state index in [0.717, 1.165) is 12.1 Å². The minimum Gasteiger partial charge on any atom is -0.496 e. The third kappa shape index (κ3) is 5.64. The number of anilines is 2. The number of methoxy groups -OCH3 is 1. The van der Waals surface area contributed by atoms with Gasteiger partial charge in [-0.05, 0) is 60.7 Å². The largest absolute Gasteiger partial charge is 0.496 e. The minimum atomic E-state index is -4.50. The van der Waals surface area contributed by atoms with Crippen molar-refractivity contribution in [1.29, 1.82) is 0 Å². The summed E-state index contributed by atoms with van der Waals surface area (Å²) in [5.74, 6) is -0.581. The van der Waals surface area contributed by atoms with E-state index in [9.17, 15) is 22.8 Å². The first-order valence-corrected chi connectivity index (χ1v) is 9.70. The molecule has 0 spiro atoms. The molecule has 2 amide bonds. The third-order valence-corrected chi connectivity index (χ3v) is 4.75. The topological polar surface area (TPSA) is 67.4 Å². The van der Waals surface area contributed by atoms with Gasteiger partial charge in [-0.15, -0.1) is 0 Å². The van der Waals surface area contributed by atoms with Crippen LogP contribution in [-0.2, 0) is 6.18 Å². The molecule has 0 aromatic heterocycles. The monoisotopic (exact) mass is 492 g/mol. The van der Waals surface area contributed by atoms with Crippen LogP contribution in [0.5, 0.6) is 5.75 Å². The number of hydrogen-bond acceptors (Lipinski definition) is 3. The van der Waals surface area contributed by atoms with Gasteiger partial charge in [0.1, 0.15) is 5.75 Å². The van der Waals surface area contributed by atoms with Crippen LogP contribution in [0.3, 0.4) is 0 Å². The third-order valence-electron chi connectivity index (χ3n) is 4.26. The lowest BCUT2D eigenvalue weighted by Crippen LogP contribution is -2.15. The molecule has 0 saturated heterocycles. The van der Waals surface area contributed by atoms with Gasteiger partial charge < -0.3 is 15.4 Å². The first-order valence-electron chi connectivity index (χ1n) is 8.91. The lowest BCUT2D eigenvalue weighted by atomic mass is 10.1. The van der Waals surface area contributed by atoms with Crippen LogP contribution in [-0.4, -0.2) is 18.9 Å². The fourth-order valence-corrected chi connectivity index (χ4v) is 3.10. The molecule has 0 fully saturated rings. The molecule has 0 saturated carbocycles. The zero-order valence-electron chi connectivity index (χ0n) is 16.1. The second kappa shape index (κ2) is 9.22. The van der Waals surface area contributed by atoms with Gasteiger partial charge in [0, 0.05) is 21.4 Å². The van der Waals surface area contributed by atoms with Crippen LogP contribution in [0.1, 0.15) is 26.3 Å². The fraction of sp³-hybridized carbons (Fsp3) is 0.0909. The summed E-state index contributed by atoms with van der Waals surface area (Å²) in [4.78, 5) is 24.9. The van der Waals surface area contributed by atoms with Crippen molar-refractivity contribution >= 4 is 39.1 Å². The predicted octanol–water partition coefficient (Wildman–Crippen LogP) is 5.98. The minimum absolute atomic E-state index is 0.0268. The summed E-state index contributed by atoms with van der Waals surface area (Å²) in [5.41, 5.74) is 0.145. The Balaban J connectivity index is 1.70. The highest BCUT2D eigenvalue weighted by atomic mass is 79.9. The van der Waals surface area contributed by atoms with E-state index in [1.54, 1.807) is 18.2 Å². The predicted molar refractivity (Wildman–Crippen MR) is 114 cm³/mol. The molecule has 31 heavy (non-hydrogen) atoms. The highest BCUT2D eigenvalue weighted by Gasteiger charge is 2.30. The Bertz CT molecular complexity index is 1120. The molecule has 3 aromatic rings. The van der Waals surface area contributed by atoms with Gasteiger partial charge in [-0.25, -0.2) is 0 Å². The molecule has 0 aliphatic carbocycles. The highest BCUT2D eigenvalue weighted by Crippen LogP contribution is 2.31. The maximum atomic E-state index is 12.8. The van der Waals surface area contributed by atoms with Gasteiger partial charge in [-0.1, -0.05) is 22.0 Å². The average molecular weight is 493 g/mol. The van der Waals surface area contributed by atoms with Crippen molar-refractivity contribution in [3.8, 4) is 5.75 Å². The summed E-state index contributed by atoms with van der Waals surface area (Å²) >= 11 is 3.30. The molecule has 0 bridgehead atoms. The Morgan fingerprint density at radius 1 is 0.871 bits per heavy atom. The molecule has 0 radical (unpaired) electrons. The molecule has 0 unspecified atom stereocenters. The maximum absolute atomic E-state index is 12.8. The molecule has 3 rings (SSSR count). The van der Waals surface area contributed by atoms with E-state index < -0.39 is 23.6 Å². The van der Waals surface area contributed by atoms with Crippen LogP contribution in [0.15, 0.2) is 71.2 Å². The molecule has 0 atom stereocenters. The number of halogens is 4. The molecular weight excluding hydrogens is 477 g/mol. The van der Waals surface area contributed by atoms with Crippen molar-refractivity contribution in [2.75, 3.05) is 17.7 Å². The van der Waals surface area contributed by atoms with E-state index in [-0.39, 0.29) is 11.3 Å². The molecular formula is C22H16BrF3N2O3. The van der Waals surface area contributed by atoms with Crippen LogP contribution in [0, 0.1) is 0 Å². The smallest absolute Gasteiger partial charge is 0.416 e. The summed E-state index contributed by atoms with van der Waals surface area (Å²) in [5, 5.41) is 5.13. The number of nitrogens with one attached hydrogen (secondary N) is 2. The lowest BCUT2D eigenvalue weighted by molar-refractivity contribution is -0.137. The number of carbonyl (C=O) groups excluding carboxylic acids is 2. The van der Waals surface area contributed by atoms with Gasteiger partial charge in [0.25, 0.3) is 11.8 Å². The van der Waals surface area contributed by atoms with Crippen LogP contribution >= 0.6 is 15.9 Å². The van der Waals surface area contributed by atoms with Gasteiger partial charge in [0.15, 0.2) is 0 Å². The van der Waals surface area contributed by atoms with Crippen molar-refractivity contribution in [3.05, 3.63) is 87.9 Å². The normalized spacial score (nSPS) is 11.0. The average Bonchev–Trinajstić information content (AvgIpc) is 2.73. The van der Waals surface area contributed by atoms with Crippen molar-refractivity contribution in [2.24, 2.45) is 0 Å². The van der Waals surface area contributed by atoms with E-state index >= 15 is 0 Å². The van der Waals surface area contributed by atoms with E-state index in [4.69, 9.17) is 4.74 Å². The maximum Gasteiger partial charge on any atom is 0.416 e. The van der Waals surface area contributed by atoms with Gasteiger partial charge in [0.2, 0.25) is 0 Å². The molecule has 0 aliphatic rings. The van der Waals surface area contributed by atoms with E-state index in [2.05, 4.69) is 26.6 Å². The number of hydrogen-bond donors (Lipinski definition) is 2. The number of alkyl halides is 3. The second-order valence-corrected chi connectivity index (χ2v) is 7.32. The Morgan fingerprint density at radius 3 is 2.19 bits per heavy atom. The number of ether oxygens (including phenoxy) is 1. The van der Waals surface area contributed by atoms with Crippen LogP contribution < -0.4 is 15.4 Å². The Labute approximate surface area is 184 Å². The molecule has 2 N–H and O–H groups in total. The molecule has 3 aromatic carbocycles. The number of carbonyl (C=O) groups is 2. The molecule has 9 heteroatoms. The van der Waals surface area contributed by atoms with Gasteiger partial charge in [0.05, 0.1) is 18.2 Å². The van der Waals surface area contributed by atoms with E-state index in [0.29, 0.717) is 21.5 Å². The van der Waals surface area contributed by atoms with Crippen molar-refractivity contribution in [1.82, 2.24) is 0 Å². The van der Waals surface area contributed by atoms with Gasteiger partial charge in [-0.3, -0.25) is 9.59 Å². The first kappa shape index (κ1) is 22.4. The van der Waals surface area contributed by atoms with Crippen LogP contribution in [0.4, 0.5) is 24.5 Å². The van der Waals surface area contributed by atoms with Crippen molar-refractivity contribution in [2.45, 2.75) is 6.18 Å². The summed E-state index contributed by atoms with van der Waals surface area (Å²) in [6, 6.07) is 15.3. The highest BCUT2D eigenvalue weighted by molar-refractivity contribution is 9.10. The standard InChI is InChI=1S/C22H16BrF3N2O3/c1-31-19-10-7-15(23)12-18(19)21(30)27-16-8-5-13(6-9-16)20(29)28-17-4-2-3-14(11-17)22(24,25)26/h2-12H,1H3,(H,27,30)(H,28,29). The second-order valence-electron chi connectivity index (χ2n) is 6.41. The summed E-state index contributed by atoms with van der Waals surface area (Å²) in [7, 11) is 1.46. The Kier molecular flexibility index (Phi) is 6.65. The number of rotatable bonds is 5. The van der Waals surface area contributed by atoms with Crippen LogP contribution in [0.2, 0.25) is 0 Å². The number of benzene rings is 3. The van der Waals surface area contributed by atoms with Gasteiger partial charge >= 0.3 is 6.18 Å². The zero-order valence-corrected chi connectivity index (χ0v) is 17.7. The Hall–Kier alpha value is -3.33. The van der Waals surface area contributed by atoms with Crippen molar-refractivity contribution < 1.29 is 27.5 Å². The van der Waals surface area contributed by atoms with Crippen LogP contribution in [0.25, 0.3) is 0 Å². The SMILES string of the molecule is COc1ccc(Br)cc1C(=O)Nc1ccc(C(=O)Nc2cccc(C(F)(F)F)c2)cc1. The summed E-state index contributed by atoms with van der Waals surface area (Å²) in [6.45, 7) is 0. The van der Waals surface area contributed by atoms with E-state index in [1.165, 1.54) is 43.5 Å². The zero-order chi connectivity index (χ0) is 22.6. The number of amides is 2. The summed E-state index contributed by atoms with van der Waals surface area (Å²) in [6.07, 6.45) is -4.50. The molecule has 0 aliphatic heterocycles. The molecule has 160 valence electrons.